The third-order valence-electron chi connectivity index (χ3n) is 3.45. The first-order chi connectivity index (χ1) is 7.58. The van der Waals surface area contributed by atoms with Gasteiger partial charge in [-0.15, -0.1) is 0 Å². The van der Waals surface area contributed by atoms with Gasteiger partial charge in [-0.05, 0) is 24.3 Å². The Bertz CT molecular complexity index is 385. The van der Waals surface area contributed by atoms with E-state index in [2.05, 4.69) is 18.7 Å². The number of carboxylic acids is 1. The van der Waals surface area contributed by atoms with E-state index in [1.807, 2.05) is 0 Å². The molecule has 0 aliphatic carbocycles. The van der Waals surface area contributed by atoms with Crippen molar-refractivity contribution in [3.8, 4) is 0 Å². The number of rotatable bonds is 2. The fourth-order valence-corrected chi connectivity index (χ4v) is 2.08. The van der Waals surface area contributed by atoms with Crippen LogP contribution in [0.1, 0.15) is 30.8 Å². The van der Waals surface area contributed by atoms with Crippen molar-refractivity contribution in [2.24, 2.45) is 11.8 Å². The number of hydrogen-bond acceptors (Lipinski definition) is 3. The summed E-state index contributed by atoms with van der Waals surface area (Å²) in [6.45, 7) is 6.36. The van der Waals surface area contributed by atoms with Gasteiger partial charge in [-0.1, -0.05) is 13.8 Å². The van der Waals surface area contributed by atoms with E-state index in [0.29, 0.717) is 11.8 Å². The fourth-order valence-electron chi connectivity index (χ4n) is 2.08. The summed E-state index contributed by atoms with van der Waals surface area (Å²) in [5, 5.41) is 8.78. The van der Waals surface area contributed by atoms with Crippen LogP contribution in [-0.2, 0) is 0 Å². The van der Waals surface area contributed by atoms with Crippen LogP contribution in [-0.4, -0.2) is 24.2 Å². The van der Waals surface area contributed by atoms with E-state index in [1.165, 1.54) is 6.07 Å². The Hall–Kier alpha value is -1.45. The lowest BCUT2D eigenvalue weighted by molar-refractivity contribution is 0.0663. The molecule has 1 aromatic rings. The first-order valence-corrected chi connectivity index (χ1v) is 5.66. The molecule has 1 saturated heterocycles. The fraction of sp³-hybridized carbons (Fsp3) is 0.583. The Kier molecular flexibility index (Phi) is 2.90. The summed E-state index contributed by atoms with van der Waals surface area (Å²) in [5.41, 5.74) is 0. The number of piperidine rings is 1. The van der Waals surface area contributed by atoms with E-state index in [9.17, 15) is 4.79 Å². The van der Waals surface area contributed by atoms with Gasteiger partial charge in [-0.2, -0.15) is 0 Å². The predicted molar refractivity (Wildman–Crippen MR) is 60.8 cm³/mol. The van der Waals surface area contributed by atoms with Crippen molar-refractivity contribution in [1.29, 1.82) is 0 Å². The molecule has 1 aromatic heterocycles. The second-order valence-corrected chi connectivity index (χ2v) is 4.63. The van der Waals surface area contributed by atoms with Gasteiger partial charge < -0.3 is 14.4 Å². The van der Waals surface area contributed by atoms with Crippen LogP contribution in [0, 0.1) is 11.8 Å². The van der Waals surface area contributed by atoms with Crippen LogP contribution in [0.3, 0.4) is 0 Å². The van der Waals surface area contributed by atoms with Crippen LogP contribution >= 0.6 is 0 Å². The maximum atomic E-state index is 10.7. The Balaban J connectivity index is 2.09. The number of carboxylic acid groups (broad SMARTS) is 1. The maximum Gasteiger partial charge on any atom is 0.371 e. The lowest BCUT2D eigenvalue weighted by Gasteiger charge is -2.35. The zero-order valence-electron chi connectivity index (χ0n) is 9.64. The second kappa shape index (κ2) is 4.20. The van der Waals surface area contributed by atoms with Gasteiger partial charge in [0.05, 0.1) is 0 Å². The molecule has 1 aliphatic rings. The summed E-state index contributed by atoms with van der Waals surface area (Å²) in [4.78, 5) is 12.8. The Morgan fingerprint density at radius 3 is 2.75 bits per heavy atom. The van der Waals surface area contributed by atoms with E-state index >= 15 is 0 Å². The van der Waals surface area contributed by atoms with Crippen molar-refractivity contribution in [3.63, 3.8) is 0 Å². The van der Waals surface area contributed by atoms with Crippen LogP contribution in [0.4, 0.5) is 5.88 Å². The monoisotopic (exact) mass is 223 g/mol. The third-order valence-corrected chi connectivity index (χ3v) is 3.45. The summed E-state index contributed by atoms with van der Waals surface area (Å²) >= 11 is 0. The molecular weight excluding hydrogens is 206 g/mol. The highest BCUT2D eigenvalue weighted by atomic mass is 16.4. The van der Waals surface area contributed by atoms with Crippen LogP contribution < -0.4 is 4.90 Å². The molecule has 1 aliphatic heterocycles. The number of aromatic carboxylic acids is 1. The number of carbonyl (C=O) groups is 1. The zero-order valence-corrected chi connectivity index (χ0v) is 9.64. The molecule has 0 spiro atoms. The van der Waals surface area contributed by atoms with Gasteiger partial charge in [0.15, 0.2) is 5.88 Å². The van der Waals surface area contributed by atoms with Gasteiger partial charge in [0.2, 0.25) is 5.76 Å². The summed E-state index contributed by atoms with van der Waals surface area (Å²) in [5.74, 6) is 1.03. The highest BCUT2D eigenvalue weighted by Crippen LogP contribution is 2.28. The Labute approximate surface area is 94.9 Å². The topological polar surface area (TPSA) is 53.7 Å². The highest BCUT2D eigenvalue weighted by molar-refractivity contribution is 5.84. The average molecular weight is 223 g/mol. The van der Waals surface area contributed by atoms with Gasteiger partial charge in [-0.3, -0.25) is 0 Å². The minimum atomic E-state index is -1.01. The van der Waals surface area contributed by atoms with E-state index < -0.39 is 5.97 Å². The molecule has 0 bridgehead atoms. The second-order valence-electron chi connectivity index (χ2n) is 4.63. The maximum absolute atomic E-state index is 10.7. The summed E-state index contributed by atoms with van der Waals surface area (Å²) < 4.78 is 5.29. The Morgan fingerprint density at radius 2 is 2.19 bits per heavy atom. The molecule has 0 aromatic carbocycles. The quantitative estimate of drug-likeness (QED) is 0.836. The molecule has 2 unspecified atom stereocenters. The molecule has 0 radical (unpaired) electrons. The Morgan fingerprint density at radius 1 is 1.44 bits per heavy atom. The molecule has 2 rings (SSSR count). The van der Waals surface area contributed by atoms with Crippen molar-refractivity contribution in [3.05, 3.63) is 17.9 Å². The minimum Gasteiger partial charge on any atom is -0.475 e. The molecular formula is C12H17NO3. The molecule has 0 saturated carbocycles. The highest BCUT2D eigenvalue weighted by Gasteiger charge is 2.24. The van der Waals surface area contributed by atoms with Crippen LogP contribution in [0.25, 0.3) is 0 Å². The van der Waals surface area contributed by atoms with Crippen molar-refractivity contribution < 1.29 is 14.3 Å². The number of anilines is 1. The van der Waals surface area contributed by atoms with Crippen LogP contribution in [0.15, 0.2) is 16.5 Å². The summed E-state index contributed by atoms with van der Waals surface area (Å²) in [7, 11) is 0. The normalized spacial score (nSPS) is 25.8. The van der Waals surface area contributed by atoms with Crippen molar-refractivity contribution in [1.82, 2.24) is 0 Å². The van der Waals surface area contributed by atoms with Gasteiger partial charge in [0.1, 0.15) is 0 Å². The van der Waals surface area contributed by atoms with Crippen LogP contribution in [0.5, 0.6) is 0 Å². The lowest BCUT2D eigenvalue weighted by atomic mass is 9.89. The standard InChI is InChI=1S/C12H17NO3/c1-8-5-6-13(7-9(8)2)11-4-3-10(16-11)12(14)15/h3-4,8-9H,5-7H2,1-2H3,(H,14,15). The third kappa shape index (κ3) is 2.05. The lowest BCUT2D eigenvalue weighted by Crippen LogP contribution is -2.38. The molecule has 1 N–H and O–H groups in total. The first-order valence-electron chi connectivity index (χ1n) is 5.66. The molecule has 4 heteroatoms. The molecule has 16 heavy (non-hydrogen) atoms. The van der Waals surface area contributed by atoms with E-state index in [0.717, 1.165) is 25.4 Å². The van der Waals surface area contributed by atoms with Crippen molar-refractivity contribution in [2.75, 3.05) is 18.0 Å². The smallest absolute Gasteiger partial charge is 0.371 e. The van der Waals surface area contributed by atoms with Gasteiger partial charge in [-0.25, -0.2) is 4.79 Å². The molecule has 1 fully saturated rings. The van der Waals surface area contributed by atoms with Crippen molar-refractivity contribution >= 4 is 11.9 Å². The molecule has 2 atom stereocenters. The van der Waals surface area contributed by atoms with E-state index in [4.69, 9.17) is 9.52 Å². The number of nitrogens with zero attached hydrogens (tertiary/aromatic N) is 1. The minimum absolute atomic E-state index is 0.0151. The SMILES string of the molecule is CC1CCN(c2ccc(C(=O)O)o2)CC1C. The van der Waals surface area contributed by atoms with E-state index in [-0.39, 0.29) is 5.76 Å². The average Bonchev–Trinajstić information content (AvgIpc) is 2.71. The van der Waals surface area contributed by atoms with E-state index in [1.54, 1.807) is 6.07 Å². The molecule has 0 amide bonds. The van der Waals surface area contributed by atoms with Crippen molar-refractivity contribution in [2.45, 2.75) is 20.3 Å². The molecule has 2 heterocycles. The predicted octanol–water partition coefficient (Wildman–Crippen LogP) is 2.46. The largest absolute Gasteiger partial charge is 0.475 e. The van der Waals surface area contributed by atoms with Gasteiger partial charge in [0.25, 0.3) is 0 Å². The molecule has 4 nitrogen and oxygen atoms in total. The number of furan rings is 1. The molecule has 88 valence electrons. The number of hydrogen-bond donors (Lipinski definition) is 1. The van der Waals surface area contributed by atoms with Gasteiger partial charge >= 0.3 is 5.97 Å². The summed E-state index contributed by atoms with van der Waals surface area (Å²) in [6, 6.07) is 3.26. The summed E-state index contributed by atoms with van der Waals surface area (Å²) in [6.07, 6.45) is 1.13. The van der Waals surface area contributed by atoms with Gasteiger partial charge in [0, 0.05) is 19.2 Å². The zero-order chi connectivity index (χ0) is 11.7. The first kappa shape index (κ1) is 11.0. The van der Waals surface area contributed by atoms with Crippen LogP contribution in [0.2, 0.25) is 0 Å².